The Bertz CT molecular complexity index is 668. The fourth-order valence-corrected chi connectivity index (χ4v) is 3.76. The second-order valence-corrected chi connectivity index (χ2v) is 6.35. The predicted octanol–water partition coefficient (Wildman–Crippen LogP) is 2.54. The van der Waals surface area contributed by atoms with Gasteiger partial charge in [-0.25, -0.2) is 0 Å². The lowest BCUT2D eigenvalue weighted by Gasteiger charge is -2.37. The molecule has 0 spiro atoms. The lowest BCUT2D eigenvalue weighted by molar-refractivity contribution is -0.123. The minimum Gasteiger partial charge on any atom is -0.497 e. The Morgan fingerprint density at radius 1 is 1.52 bits per heavy atom. The van der Waals surface area contributed by atoms with Gasteiger partial charge in [0.25, 0.3) is 0 Å². The molecule has 2 unspecified atom stereocenters. The van der Waals surface area contributed by atoms with Crippen molar-refractivity contribution in [1.82, 2.24) is 4.98 Å². The molecule has 1 heterocycles. The normalized spacial score (nSPS) is 24.4. The summed E-state index contributed by atoms with van der Waals surface area (Å²) in [6.07, 6.45) is 2.73. The van der Waals surface area contributed by atoms with Crippen molar-refractivity contribution >= 4 is 17.1 Å². The predicted molar refractivity (Wildman–Crippen MR) is 80.6 cm³/mol. The van der Waals surface area contributed by atoms with Gasteiger partial charge in [0.15, 0.2) is 0 Å². The minimum absolute atomic E-state index is 0.103. The van der Waals surface area contributed by atoms with Gasteiger partial charge >= 0.3 is 0 Å². The van der Waals surface area contributed by atoms with Crippen LogP contribution in [0.2, 0.25) is 0 Å². The first-order chi connectivity index (χ1) is 10.0. The third-order valence-electron chi connectivity index (χ3n) is 4.18. The molecule has 0 radical (unpaired) electrons. The van der Waals surface area contributed by atoms with Crippen LogP contribution >= 0.6 is 11.3 Å². The Labute approximate surface area is 127 Å². The lowest BCUT2D eigenvalue weighted by atomic mass is 9.72. The number of thiazole rings is 1. The zero-order valence-corrected chi connectivity index (χ0v) is 12.8. The van der Waals surface area contributed by atoms with E-state index >= 15 is 0 Å². The van der Waals surface area contributed by atoms with Gasteiger partial charge in [0.05, 0.1) is 17.5 Å². The fourth-order valence-electron chi connectivity index (χ4n) is 3.01. The molecule has 4 nitrogen and oxygen atoms in total. The molecule has 0 saturated heterocycles. The number of hydrogen-bond acceptors (Lipinski definition) is 5. The number of ketones is 1. The summed E-state index contributed by atoms with van der Waals surface area (Å²) in [5.74, 6) is 0.660. The van der Waals surface area contributed by atoms with E-state index in [4.69, 9.17) is 4.74 Å². The van der Waals surface area contributed by atoms with Gasteiger partial charge in [0.1, 0.15) is 17.1 Å². The van der Waals surface area contributed by atoms with E-state index in [9.17, 15) is 9.90 Å². The number of nitrogens with zero attached hydrogens (tertiary/aromatic N) is 1. The lowest BCUT2D eigenvalue weighted by Crippen LogP contribution is -2.37. The third kappa shape index (κ3) is 2.36. The van der Waals surface area contributed by atoms with Crippen molar-refractivity contribution in [3.63, 3.8) is 0 Å². The number of methoxy groups -OCH3 is 1. The summed E-state index contributed by atoms with van der Waals surface area (Å²) < 4.78 is 5.26. The van der Waals surface area contributed by atoms with Gasteiger partial charge in [0.2, 0.25) is 0 Å². The van der Waals surface area contributed by atoms with E-state index in [0.29, 0.717) is 12.8 Å². The Balaban J connectivity index is 2.15. The molecule has 5 heteroatoms. The van der Waals surface area contributed by atoms with Gasteiger partial charge < -0.3 is 9.84 Å². The second-order valence-electron chi connectivity index (χ2n) is 5.46. The van der Waals surface area contributed by atoms with Crippen molar-refractivity contribution < 1.29 is 14.6 Å². The van der Waals surface area contributed by atoms with E-state index < -0.39 is 5.60 Å². The molecule has 0 fully saturated rings. The number of fused-ring (bicyclic) bond motifs is 1. The SMILES string of the molecule is COc1ccc2c(c1)CC(C(C)=O)CC2(O)c1cncs1. The van der Waals surface area contributed by atoms with E-state index in [1.54, 1.807) is 25.7 Å². The van der Waals surface area contributed by atoms with E-state index in [1.165, 1.54) is 11.3 Å². The maximum atomic E-state index is 11.9. The van der Waals surface area contributed by atoms with E-state index in [-0.39, 0.29) is 11.7 Å². The van der Waals surface area contributed by atoms with E-state index in [1.807, 2.05) is 18.2 Å². The van der Waals surface area contributed by atoms with Gasteiger partial charge in [-0.3, -0.25) is 9.78 Å². The molecule has 2 atom stereocenters. The molecule has 1 aromatic heterocycles. The molecule has 1 aliphatic carbocycles. The summed E-state index contributed by atoms with van der Waals surface area (Å²) in [6.45, 7) is 1.59. The Morgan fingerprint density at radius 3 is 2.95 bits per heavy atom. The molecule has 0 bridgehead atoms. The maximum Gasteiger partial charge on any atom is 0.133 e. The number of Topliss-reactive ketones (excluding diaryl/α,β-unsaturated/α-hetero) is 1. The molecule has 1 aromatic carbocycles. The van der Waals surface area contributed by atoms with Gasteiger partial charge in [-0.2, -0.15) is 0 Å². The topological polar surface area (TPSA) is 59.4 Å². The molecular formula is C16H17NO3S. The number of carbonyl (C=O) groups is 1. The van der Waals surface area contributed by atoms with Crippen molar-refractivity contribution in [2.24, 2.45) is 5.92 Å². The third-order valence-corrected chi connectivity index (χ3v) is 5.11. The number of hydrogen-bond donors (Lipinski definition) is 1. The number of aromatic nitrogens is 1. The molecule has 1 aliphatic rings. The summed E-state index contributed by atoms with van der Waals surface area (Å²) in [5.41, 5.74) is 2.38. The first-order valence-electron chi connectivity index (χ1n) is 6.84. The van der Waals surface area contributed by atoms with Gasteiger partial charge in [-0.1, -0.05) is 6.07 Å². The molecule has 0 saturated carbocycles. The first kappa shape index (κ1) is 14.2. The van der Waals surface area contributed by atoms with Crippen LogP contribution in [0.5, 0.6) is 5.75 Å². The van der Waals surface area contributed by atoms with Gasteiger partial charge in [0, 0.05) is 12.1 Å². The summed E-state index contributed by atoms with van der Waals surface area (Å²) in [4.78, 5) is 16.7. The highest BCUT2D eigenvalue weighted by Gasteiger charge is 2.42. The largest absolute Gasteiger partial charge is 0.497 e. The monoisotopic (exact) mass is 303 g/mol. The summed E-state index contributed by atoms with van der Waals surface area (Å²) in [7, 11) is 1.61. The second kappa shape index (κ2) is 5.24. The van der Waals surface area contributed by atoms with Crippen LogP contribution < -0.4 is 4.74 Å². The van der Waals surface area contributed by atoms with Crippen molar-refractivity contribution in [3.8, 4) is 5.75 Å². The van der Waals surface area contributed by atoms with E-state index in [0.717, 1.165) is 21.8 Å². The van der Waals surface area contributed by atoms with Crippen LogP contribution in [0.1, 0.15) is 29.3 Å². The molecule has 1 N–H and O–H groups in total. The molecule has 0 amide bonds. The van der Waals surface area contributed by atoms with Crippen LogP contribution in [0.25, 0.3) is 0 Å². The molecule has 21 heavy (non-hydrogen) atoms. The molecule has 110 valence electrons. The molecular weight excluding hydrogens is 286 g/mol. The zero-order valence-electron chi connectivity index (χ0n) is 12.0. The number of ether oxygens (including phenoxy) is 1. The smallest absolute Gasteiger partial charge is 0.133 e. The van der Waals surface area contributed by atoms with Crippen LogP contribution in [0.4, 0.5) is 0 Å². The van der Waals surface area contributed by atoms with Crippen LogP contribution in [0.3, 0.4) is 0 Å². The Morgan fingerprint density at radius 2 is 2.33 bits per heavy atom. The van der Waals surface area contributed by atoms with Crippen molar-refractivity contribution in [2.45, 2.75) is 25.4 Å². The van der Waals surface area contributed by atoms with Crippen LogP contribution in [0.15, 0.2) is 29.9 Å². The number of rotatable bonds is 3. The highest BCUT2D eigenvalue weighted by atomic mass is 32.1. The average Bonchev–Trinajstić information content (AvgIpc) is 3.01. The Hall–Kier alpha value is -1.72. The molecule has 2 aromatic rings. The summed E-state index contributed by atoms with van der Waals surface area (Å²) in [5, 5.41) is 11.2. The Kier molecular flexibility index (Phi) is 3.55. The van der Waals surface area contributed by atoms with Crippen LogP contribution in [0, 0.1) is 5.92 Å². The van der Waals surface area contributed by atoms with Crippen LogP contribution in [-0.2, 0) is 16.8 Å². The minimum atomic E-state index is -1.14. The van der Waals surface area contributed by atoms with E-state index in [2.05, 4.69) is 4.98 Å². The highest BCUT2D eigenvalue weighted by Crippen LogP contribution is 2.45. The van der Waals surface area contributed by atoms with Crippen molar-refractivity contribution in [2.75, 3.05) is 7.11 Å². The molecule has 3 rings (SSSR count). The van der Waals surface area contributed by atoms with Crippen LogP contribution in [-0.4, -0.2) is 23.0 Å². The average molecular weight is 303 g/mol. The fraction of sp³-hybridized carbons (Fsp3) is 0.375. The number of aliphatic hydroxyl groups is 1. The standard InChI is InChI=1S/C16H17NO3S/c1-10(18)12-5-11-6-13(20-2)3-4-14(11)16(19,7-12)15-8-17-9-21-15/h3-4,6,8-9,12,19H,5,7H2,1-2H3. The van der Waals surface area contributed by atoms with Crippen molar-refractivity contribution in [3.05, 3.63) is 45.9 Å². The van der Waals surface area contributed by atoms with Gasteiger partial charge in [-0.15, -0.1) is 11.3 Å². The highest BCUT2D eigenvalue weighted by molar-refractivity contribution is 7.09. The van der Waals surface area contributed by atoms with Crippen molar-refractivity contribution in [1.29, 1.82) is 0 Å². The number of benzene rings is 1. The first-order valence-corrected chi connectivity index (χ1v) is 7.71. The number of carbonyl (C=O) groups excluding carboxylic acids is 1. The summed E-state index contributed by atoms with van der Waals surface area (Å²) in [6, 6.07) is 5.65. The quantitative estimate of drug-likeness (QED) is 0.946. The maximum absolute atomic E-state index is 11.9. The van der Waals surface area contributed by atoms with Gasteiger partial charge in [-0.05, 0) is 43.0 Å². The zero-order chi connectivity index (χ0) is 15.0. The summed E-state index contributed by atoms with van der Waals surface area (Å²) >= 11 is 1.41. The molecule has 0 aliphatic heterocycles.